The molecule has 1 aromatic rings. The van der Waals surface area contributed by atoms with Gasteiger partial charge in [0.1, 0.15) is 5.75 Å². The molecule has 0 saturated heterocycles. The topological polar surface area (TPSA) is 9.23 Å². The molecule has 0 heterocycles. The molecule has 0 aromatic heterocycles. The predicted octanol–water partition coefficient (Wildman–Crippen LogP) is 3.73. The minimum atomic E-state index is 0.578. The highest BCUT2D eigenvalue weighted by atomic mass is 35.5. The standard InChI is InChI=1S/C10H10Cl2O/c1-3-4-8-9(12)5-7(11)6-10(8)13-2/h3,5-6H,1,4H2,2H3. The average Bonchev–Trinajstić information content (AvgIpc) is 2.09. The predicted molar refractivity (Wildman–Crippen MR) is 56.9 cm³/mol. The first-order chi connectivity index (χ1) is 6.19. The lowest BCUT2D eigenvalue weighted by Crippen LogP contribution is -1.91. The van der Waals surface area contributed by atoms with Crippen molar-refractivity contribution in [3.05, 3.63) is 40.4 Å². The first-order valence-electron chi connectivity index (χ1n) is 3.82. The Morgan fingerprint density at radius 2 is 2.15 bits per heavy atom. The van der Waals surface area contributed by atoms with Crippen molar-refractivity contribution < 1.29 is 4.74 Å². The van der Waals surface area contributed by atoms with Crippen LogP contribution in [-0.4, -0.2) is 7.11 Å². The van der Waals surface area contributed by atoms with Crippen molar-refractivity contribution in [2.45, 2.75) is 6.42 Å². The van der Waals surface area contributed by atoms with Crippen molar-refractivity contribution in [3.63, 3.8) is 0 Å². The molecule has 0 fully saturated rings. The van der Waals surface area contributed by atoms with Crippen LogP contribution in [0.1, 0.15) is 5.56 Å². The fourth-order valence-corrected chi connectivity index (χ4v) is 1.66. The highest BCUT2D eigenvalue weighted by molar-refractivity contribution is 6.35. The molecule has 0 radical (unpaired) electrons. The molecule has 0 atom stereocenters. The Balaban J connectivity index is 3.20. The van der Waals surface area contributed by atoms with Gasteiger partial charge in [-0.05, 0) is 18.6 Å². The molecule has 0 amide bonds. The molecule has 0 unspecified atom stereocenters. The number of methoxy groups -OCH3 is 1. The summed E-state index contributed by atoms with van der Waals surface area (Å²) in [6, 6.07) is 3.44. The van der Waals surface area contributed by atoms with Gasteiger partial charge < -0.3 is 4.74 Å². The molecule has 0 aliphatic carbocycles. The fraction of sp³-hybridized carbons (Fsp3) is 0.200. The Kier molecular flexibility index (Phi) is 3.64. The molecule has 0 aliphatic rings. The van der Waals surface area contributed by atoms with Gasteiger partial charge in [-0.1, -0.05) is 29.3 Å². The third-order valence-electron chi connectivity index (χ3n) is 1.69. The van der Waals surface area contributed by atoms with Gasteiger partial charge in [0.15, 0.2) is 0 Å². The third-order valence-corrected chi connectivity index (χ3v) is 2.24. The van der Waals surface area contributed by atoms with Crippen molar-refractivity contribution in [2.75, 3.05) is 7.11 Å². The minimum Gasteiger partial charge on any atom is -0.496 e. The van der Waals surface area contributed by atoms with Crippen molar-refractivity contribution in [1.29, 1.82) is 0 Å². The van der Waals surface area contributed by atoms with Gasteiger partial charge >= 0.3 is 0 Å². The fourth-order valence-electron chi connectivity index (χ4n) is 1.10. The zero-order valence-corrected chi connectivity index (χ0v) is 8.82. The Morgan fingerprint density at radius 3 is 2.69 bits per heavy atom. The highest BCUT2D eigenvalue weighted by Crippen LogP contribution is 2.31. The second kappa shape index (κ2) is 4.54. The van der Waals surface area contributed by atoms with Crippen LogP contribution in [0.3, 0.4) is 0 Å². The minimum absolute atomic E-state index is 0.578. The van der Waals surface area contributed by atoms with Crippen LogP contribution in [0.2, 0.25) is 10.0 Å². The highest BCUT2D eigenvalue weighted by Gasteiger charge is 2.07. The summed E-state index contributed by atoms with van der Waals surface area (Å²) in [5.41, 5.74) is 0.920. The maximum atomic E-state index is 5.98. The van der Waals surface area contributed by atoms with E-state index in [1.807, 2.05) is 0 Å². The maximum Gasteiger partial charge on any atom is 0.125 e. The van der Waals surface area contributed by atoms with Gasteiger partial charge in [-0.15, -0.1) is 6.58 Å². The number of allylic oxidation sites excluding steroid dienone is 1. The molecule has 0 aliphatic heterocycles. The van der Waals surface area contributed by atoms with E-state index >= 15 is 0 Å². The number of ether oxygens (including phenoxy) is 1. The number of hydrogen-bond acceptors (Lipinski definition) is 1. The molecule has 0 spiro atoms. The lowest BCUT2D eigenvalue weighted by Gasteiger charge is -2.08. The summed E-state index contributed by atoms with van der Waals surface area (Å²) < 4.78 is 5.14. The van der Waals surface area contributed by atoms with E-state index in [1.54, 1.807) is 25.3 Å². The smallest absolute Gasteiger partial charge is 0.125 e. The zero-order chi connectivity index (χ0) is 9.84. The quantitative estimate of drug-likeness (QED) is 0.701. The van der Waals surface area contributed by atoms with Crippen LogP contribution in [0.4, 0.5) is 0 Å². The van der Waals surface area contributed by atoms with Crippen LogP contribution < -0.4 is 4.74 Å². The second-order valence-corrected chi connectivity index (χ2v) is 3.40. The van der Waals surface area contributed by atoms with Crippen LogP contribution in [0.5, 0.6) is 5.75 Å². The summed E-state index contributed by atoms with van der Waals surface area (Å²) in [5.74, 6) is 0.706. The van der Waals surface area contributed by atoms with Crippen LogP contribution in [0.15, 0.2) is 24.8 Å². The summed E-state index contributed by atoms with van der Waals surface area (Å²) in [6.07, 6.45) is 2.46. The zero-order valence-electron chi connectivity index (χ0n) is 7.31. The molecule has 13 heavy (non-hydrogen) atoms. The van der Waals surface area contributed by atoms with Crippen LogP contribution in [0, 0.1) is 0 Å². The van der Waals surface area contributed by atoms with Gasteiger partial charge in [-0.2, -0.15) is 0 Å². The van der Waals surface area contributed by atoms with Gasteiger partial charge in [0, 0.05) is 15.6 Å². The number of benzene rings is 1. The van der Waals surface area contributed by atoms with Gasteiger partial charge in [-0.3, -0.25) is 0 Å². The molecule has 1 nitrogen and oxygen atoms in total. The summed E-state index contributed by atoms with van der Waals surface area (Å²) in [4.78, 5) is 0. The van der Waals surface area contributed by atoms with E-state index in [2.05, 4.69) is 6.58 Å². The normalized spacial score (nSPS) is 9.77. The van der Waals surface area contributed by atoms with Gasteiger partial charge in [0.2, 0.25) is 0 Å². The largest absolute Gasteiger partial charge is 0.496 e. The number of rotatable bonds is 3. The van der Waals surface area contributed by atoms with E-state index in [4.69, 9.17) is 27.9 Å². The number of hydrogen-bond donors (Lipinski definition) is 0. The third kappa shape index (κ3) is 2.39. The number of halogens is 2. The van der Waals surface area contributed by atoms with Gasteiger partial charge in [-0.25, -0.2) is 0 Å². The Hall–Kier alpha value is -0.660. The molecule has 3 heteroatoms. The van der Waals surface area contributed by atoms with Crippen LogP contribution in [0.25, 0.3) is 0 Å². The summed E-state index contributed by atoms with van der Waals surface area (Å²) in [7, 11) is 1.59. The molecule has 0 saturated carbocycles. The molecule has 1 aromatic carbocycles. The van der Waals surface area contributed by atoms with Gasteiger partial charge in [0.05, 0.1) is 7.11 Å². The maximum absolute atomic E-state index is 5.98. The van der Waals surface area contributed by atoms with E-state index in [1.165, 1.54) is 0 Å². The Labute approximate surface area is 87.9 Å². The molecular weight excluding hydrogens is 207 g/mol. The van der Waals surface area contributed by atoms with Crippen LogP contribution in [-0.2, 0) is 6.42 Å². The molecule has 0 N–H and O–H groups in total. The SMILES string of the molecule is C=CCc1c(Cl)cc(Cl)cc1OC. The molecule has 0 bridgehead atoms. The summed E-state index contributed by atoms with van der Waals surface area (Å²) >= 11 is 11.8. The van der Waals surface area contributed by atoms with Crippen molar-refractivity contribution in [3.8, 4) is 5.75 Å². The summed E-state index contributed by atoms with van der Waals surface area (Å²) in [6.45, 7) is 3.65. The van der Waals surface area contributed by atoms with E-state index in [0.29, 0.717) is 22.2 Å². The van der Waals surface area contributed by atoms with E-state index in [9.17, 15) is 0 Å². The monoisotopic (exact) mass is 216 g/mol. The first kappa shape index (κ1) is 10.4. The molecule has 70 valence electrons. The Morgan fingerprint density at radius 1 is 1.46 bits per heavy atom. The van der Waals surface area contributed by atoms with E-state index < -0.39 is 0 Å². The average molecular weight is 217 g/mol. The van der Waals surface area contributed by atoms with Crippen molar-refractivity contribution in [1.82, 2.24) is 0 Å². The lowest BCUT2D eigenvalue weighted by atomic mass is 10.1. The van der Waals surface area contributed by atoms with E-state index in [-0.39, 0.29) is 0 Å². The van der Waals surface area contributed by atoms with E-state index in [0.717, 1.165) is 5.56 Å². The van der Waals surface area contributed by atoms with Crippen LogP contribution >= 0.6 is 23.2 Å². The van der Waals surface area contributed by atoms with Crippen molar-refractivity contribution >= 4 is 23.2 Å². The molecular formula is C10H10Cl2O. The Bertz CT molecular complexity index is 321. The van der Waals surface area contributed by atoms with Gasteiger partial charge in [0.25, 0.3) is 0 Å². The lowest BCUT2D eigenvalue weighted by molar-refractivity contribution is 0.411. The summed E-state index contributed by atoms with van der Waals surface area (Å²) in [5, 5.41) is 1.19. The second-order valence-electron chi connectivity index (χ2n) is 2.56. The first-order valence-corrected chi connectivity index (χ1v) is 4.57. The molecule has 1 rings (SSSR count). The van der Waals surface area contributed by atoms with Crippen molar-refractivity contribution in [2.24, 2.45) is 0 Å².